The van der Waals surface area contributed by atoms with E-state index >= 15 is 0 Å². The molecule has 132 valence electrons. The summed E-state index contributed by atoms with van der Waals surface area (Å²) in [5.74, 6) is 0.820. The van der Waals surface area contributed by atoms with Crippen molar-refractivity contribution in [1.29, 1.82) is 0 Å². The van der Waals surface area contributed by atoms with Crippen LogP contribution in [0.2, 0.25) is 0 Å². The van der Waals surface area contributed by atoms with E-state index in [-0.39, 0.29) is 18.1 Å². The fourth-order valence-corrected chi connectivity index (χ4v) is 3.65. The quantitative estimate of drug-likeness (QED) is 0.818. The van der Waals surface area contributed by atoms with Crippen molar-refractivity contribution < 1.29 is 17.7 Å². The zero-order chi connectivity index (χ0) is 17.2. The molecule has 8 nitrogen and oxygen atoms in total. The van der Waals surface area contributed by atoms with Crippen LogP contribution < -0.4 is 5.73 Å². The molecule has 0 aromatic carbocycles. The molecule has 0 radical (unpaired) electrons. The van der Waals surface area contributed by atoms with Crippen LogP contribution in [-0.2, 0) is 20.1 Å². The van der Waals surface area contributed by atoms with E-state index in [1.54, 1.807) is 0 Å². The third-order valence-electron chi connectivity index (χ3n) is 4.39. The molecule has 1 saturated heterocycles. The second kappa shape index (κ2) is 6.66. The van der Waals surface area contributed by atoms with Gasteiger partial charge >= 0.3 is 0 Å². The fraction of sp³-hybridized carbons (Fsp3) is 0.600. The maximum atomic E-state index is 11.3. The van der Waals surface area contributed by atoms with Gasteiger partial charge in [-0.2, -0.15) is 4.98 Å². The minimum Gasteiger partial charge on any atom is -0.381 e. The molecule has 1 unspecified atom stereocenters. The number of rotatable bonds is 6. The summed E-state index contributed by atoms with van der Waals surface area (Å²) < 4.78 is 35.5. The fourth-order valence-electron chi connectivity index (χ4n) is 2.97. The second-order valence-electron chi connectivity index (χ2n) is 6.22. The van der Waals surface area contributed by atoms with Gasteiger partial charge in [-0.3, -0.25) is 0 Å². The number of nitrogens with two attached hydrogens (primary N) is 1. The van der Waals surface area contributed by atoms with E-state index in [4.69, 9.17) is 15.0 Å². The van der Waals surface area contributed by atoms with Crippen LogP contribution in [0.3, 0.4) is 0 Å². The lowest BCUT2D eigenvalue weighted by molar-refractivity contribution is 0.0344. The van der Waals surface area contributed by atoms with Crippen LogP contribution in [0.15, 0.2) is 29.0 Å². The lowest BCUT2D eigenvalue weighted by Crippen LogP contribution is -2.41. The molecular formula is C15H22N4O4S. The summed E-state index contributed by atoms with van der Waals surface area (Å²) >= 11 is 0. The lowest BCUT2D eigenvalue weighted by Gasteiger charge is -2.35. The molecule has 1 atom stereocenters. The molecule has 1 fully saturated rings. The van der Waals surface area contributed by atoms with Gasteiger partial charge < -0.3 is 19.6 Å². The first kappa shape index (κ1) is 17.1. The van der Waals surface area contributed by atoms with Gasteiger partial charge in [0.25, 0.3) is 0 Å². The van der Waals surface area contributed by atoms with Gasteiger partial charge in [0.15, 0.2) is 5.82 Å². The number of sulfone groups is 1. The molecule has 0 amide bonds. The Labute approximate surface area is 140 Å². The molecule has 3 heterocycles. The van der Waals surface area contributed by atoms with Gasteiger partial charge in [-0.05, 0) is 18.6 Å². The van der Waals surface area contributed by atoms with Gasteiger partial charge in [0, 0.05) is 44.7 Å². The predicted octanol–water partition coefficient (Wildman–Crippen LogP) is 0.860. The Morgan fingerprint density at radius 3 is 2.62 bits per heavy atom. The first-order chi connectivity index (χ1) is 11.4. The monoisotopic (exact) mass is 354 g/mol. The van der Waals surface area contributed by atoms with Crippen LogP contribution in [0.4, 0.5) is 0 Å². The van der Waals surface area contributed by atoms with Crippen molar-refractivity contribution in [2.45, 2.75) is 30.8 Å². The van der Waals surface area contributed by atoms with Crippen LogP contribution in [0.25, 0.3) is 0 Å². The Morgan fingerprint density at radius 1 is 1.33 bits per heavy atom. The van der Waals surface area contributed by atoms with Crippen molar-refractivity contribution >= 4 is 9.84 Å². The SMILES string of the molecule is CS(=O)(=O)CCC(N)c1nc(C2(n3cccc3)CCOCC2)no1. The average Bonchev–Trinajstić information content (AvgIpc) is 3.24. The van der Waals surface area contributed by atoms with Crippen molar-refractivity contribution in [3.8, 4) is 0 Å². The van der Waals surface area contributed by atoms with E-state index in [9.17, 15) is 8.42 Å². The molecular weight excluding hydrogens is 332 g/mol. The molecule has 9 heteroatoms. The van der Waals surface area contributed by atoms with E-state index in [1.807, 2.05) is 24.5 Å². The number of nitrogens with zero attached hydrogens (tertiary/aromatic N) is 3. The minimum atomic E-state index is -3.08. The van der Waals surface area contributed by atoms with Crippen molar-refractivity contribution in [1.82, 2.24) is 14.7 Å². The topological polar surface area (TPSA) is 113 Å². The maximum Gasteiger partial charge on any atom is 0.243 e. The summed E-state index contributed by atoms with van der Waals surface area (Å²) in [4.78, 5) is 4.49. The first-order valence-corrected chi connectivity index (χ1v) is 9.95. The second-order valence-corrected chi connectivity index (χ2v) is 8.48. The molecule has 0 saturated carbocycles. The number of hydrogen-bond acceptors (Lipinski definition) is 7. The third kappa shape index (κ3) is 3.52. The Kier molecular flexibility index (Phi) is 4.75. The first-order valence-electron chi connectivity index (χ1n) is 7.89. The molecule has 0 aliphatic carbocycles. The smallest absolute Gasteiger partial charge is 0.243 e. The van der Waals surface area contributed by atoms with Crippen molar-refractivity contribution in [2.24, 2.45) is 5.73 Å². The van der Waals surface area contributed by atoms with E-state index in [2.05, 4.69) is 14.7 Å². The van der Waals surface area contributed by atoms with E-state index < -0.39 is 21.4 Å². The highest BCUT2D eigenvalue weighted by Gasteiger charge is 2.40. The Balaban J connectivity index is 1.84. The summed E-state index contributed by atoms with van der Waals surface area (Å²) in [6.45, 7) is 1.23. The Morgan fingerprint density at radius 2 is 2.00 bits per heavy atom. The zero-order valence-electron chi connectivity index (χ0n) is 13.6. The van der Waals surface area contributed by atoms with Gasteiger partial charge in [0.1, 0.15) is 15.4 Å². The van der Waals surface area contributed by atoms with Crippen molar-refractivity contribution in [3.63, 3.8) is 0 Å². The van der Waals surface area contributed by atoms with Crippen LogP contribution in [-0.4, -0.2) is 48.3 Å². The van der Waals surface area contributed by atoms with Gasteiger partial charge in [-0.15, -0.1) is 0 Å². The standard InChI is InChI=1S/C15H22N4O4S/c1-24(20,21)11-4-12(16)13-17-14(18-23-13)15(5-9-22-10-6-15)19-7-2-3-8-19/h2-3,7-8,12H,4-6,9-11,16H2,1H3. The molecule has 3 rings (SSSR count). The van der Waals surface area contributed by atoms with Gasteiger partial charge in [-0.1, -0.05) is 5.16 Å². The maximum absolute atomic E-state index is 11.3. The van der Waals surface area contributed by atoms with E-state index in [0.29, 0.717) is 19.0 Å². The van der Waals surface area contributed by atoms with Crippen LogP contribution in [0, 0.1) is 0 Å². The molecule has 2 N–H and O–H groups in total. The van der Waals surface area contributed by atoms with Gasteiger partial charge in [0.05, 0.1) is 11.8 Å². The summed E-state index contributed by atoms with van der Waals surface area (Å²) in [6, 6.07) is 3.31. The summed E-state index contributed by atoms with van der Waals surface area (Å²) in [6.07, 6.45) is 6.86. The van der Waals surface area contributed by atoms with E-state index in [1.165, 1.54) is 6.26 Å². The van der Waals surface area contributed by atoms with Crippen molar-refractivity contribution in [2.75, 3.05) is 25.2 Å². The minimum absolute atomic E-state index is 0.0114. The summed E-state index contributed by atoms with van der Waals surface area (Å²) in [5.41, 5.74) is 5.60. The number of aromatic nitrogens is 3. The van der Waals surface area contributed by atoms with Gasteiger partial charge in [0.2, 0.25) is 5.89 Å². The third-order valence-corrected chi connectivity index (χ3v) is 5.37. The molecule has 2 aromatic heterocycles. The number of hydrogen-bond donors (Lipinski definition) is 1. The highest BCUT2D eigenvalue weighted by molar-refractivity contribution is 7.90. The number of ether oxygens (including phenoxy) is 1. The van der Waals surface area contributed by atoms with Crippen LogP contribution in [0.1, 0.15) is 37.0 Å². The molecule has 1 aliphatic rings. The summed E-state index contributed by atoms with van der Waals surface area (Å²) in [7, 11) is -3.08. The Hall–Kier alpha value is -1.71. The van der Waals surface area contributed by atoms with E-state index in [0.717, 1.165) is 12.8 Å². The molecule has 0 bridgehead atoms. The summed E-state index contributed by atoms with van der Waals surface area (Å²) in [5, 5.41) is 4.14. The highest BCUT2D eigenvalue weighted by Crippen LogP contribution is 2.35. The molecule has 24 heavy (non-hydrogen) atoms. The molecule has 0 spiro atoms. The zero-order valence-corrected chi connectivity index (χ0v) is 14.4. The average molecular weight is 354 g/mol. The predicted molar refractivity (Wildman–Crippen MR) is 87.1 cm³/mol. The van der Waals surface area contributed by atoms with Crippen LogP contribution in [0.5, 0.6) is 0 Å². The lowest BCUT2D eigenvalue weighted by atomic mass is 9.89. The molecule has 1 aliphatic heterocycles. The largest absolute Gasteiger partial charge is 0.381 e. The van der Waals surface area contributed by atoms with Crippen LogP contribution >= 0.6 is 0 Å². The van der Waals surface area contributed by atoms with Crippen molar-refractivity contribution in [3.05, 3.63) is 36.2 Å². The molecule has 2 aromatic rings. The highest BCUT2D eigenvalue weighted by atomic mass is 32.2. The Bertz CT molecular complexity index is 763. The normalized spacial score (nSPS) is 19.2. The van der Waals surface area contributed by atoms with Gasteiger partial charge in [-0.25, -0.2) is 8.42 Å².